The second kappa shape index (κ2) is 10.6. The van der Waals surface area contributed by atoms with Gasteiger partial charge in [-0.05, 0) is 47.5 Å². The zero-order valence-electron chi connectivity index (χ0n) is 22.6. The number of nitriles is 2. The van der Waals surface area contributed by atoms with Crippen molar-refractivity contribution in [3.8, 4) is 52.9 Å². The molecule has 42 heavy (non-hydrogen) atoms. The summed E-state index contributed by atoms with van der Waals surface area (Å²) in [6.45, 7) is 18.9. The van der Waals surface area contributed by atoms with Crippen molar-refractivity contribution >= 4 is 78.2 Å². The molecule has 0 aromatic carbocycles. The Bertz CT molecular complexity index is 2120. The van der Waals surface area contributed by atoms with Crippen molar-refractivity contribution < 1.29 is 9.47 Å². The second-order valence-corrected chi connectivity index (χ2v) is 15.0. The van der Waals surface area contributed by atoms with Gasteiger partial charge in [-0.25, -0.2) is 20.2 Å². The van der Waals surface area contributed by atoms with Gasteiger partial charge in [0, 0.05) is 29.6 Å². The average molecular weight is 639 g/mol. The van der Waals surface area contributed by atoms with E-state index in [9.17, 15) is 10.5 Å². The Morgan fingerprint density at radius 1 is 0.762 bits per heavy atom. The molecule has 5 heterocycles. The van der Waals surface area contributed by atoms with E-state index < -0.39 is 0 Å². The molecule has 0 atom stereocenters. The Balaban J connectivity index is 1.42. The van der Waals surface area contributed by atoms with Crippen LogP contribution >= 0.6 is 56.7 Å². The van der Waals surface area contributed by atoms with Crippen LogP contribution in [0, 0.1) is 35.8 Å². The van der Waals surface area contributed by atoms with Gasteiger partial charge in [-0.2, -0.15) is 0 Å². The van der Waals surface area contributed by atoms with Crippen molar-refractivity contribution in [2.24, 2.45) is 0 Å². The largest absolute Gasteiger partial charge is 0.495 e. The minimum Gasteiger partial charge on any atom is -0.495 e. The summed E-state index contributed by atoms with van der Waals surface area (Å²) in [4.78, 5) is 15.0. The van der Waals surface area contributed by atoms with Crippen LogP contribution in [0.3, 0.4) is 0 Å². The molecule has 0 unspecified atom stereocenters. The monoisotopic (exact) mass is 638 g/mol. The number of hydrogen-bond donors (Lipinski definition) is 0. The molecule has 0 bridgehead atoms. The van der Waals surface area contributed by atoms with Crippen LogP contribution < -0.4 is 9.47 Å². The summed E-state index contributed by atoms with van der Waals surface area (Å²) in [7, 11) is 3.28. The number of nitrogens with zero attached hydrogens (tertiary/aromatic N) is 4. The predicted octanol–water partition coefficient (Wildman–Crippen LogP) is 10.4. The Morgan fingerprint density at radius 2 is 1.31 bits per heavy atom. The van der Waals surface area contributed by atoms with Crippen LogP contribution in [-0.4, -0.2) is 14.2 Å². The molecule has 204 valence electrons. The maximum Gasteiger partial charge on any atom is 0.263 e. The van der Waals surface area contributed by atoms with Crippen molar-refractivity contribution in [1.82, 2.24) is 0 Å². The molecule has 6 nitrogen and oxygen atoms in total. The van der Waals surface area contributed by atoms with Gasteiger partial charge in [0.2, 0.25) is 0 Å². The van der Waals surface area contributed by atoms with E-state index in [2.05, 4.69) is 35.7 Å². The molecule has 0 N–H and O–H groups in total. The number of allylic oxidation sites excluding steroid dienone is 2. The van der Waals surface area contributed by atoms with Gasteiger partial charge < -0.3 is 9.47 Å². The first kappa shape index (κ1) is 27.9. The number of fused-ring (bicyclic) bond motifs is 5. The van der Waals surface area contributed by atoms with Gasteiger partial charge in [-0.15, -0.1) is 56.7 Å². The Hall–Kier alpha value is -4.20. The third-order valence-corrected chi connectivity index (χ3v) is 13.2. The molecular formula is C31H18N4O2S5. The van der Waals surface area contributed by atoms with Crippen LogP contribution in [-0.2, 0) is 5.41 Å². The first-order valence-corrected chi connectivity index (χ1v) is 16.4. The number of rotatable bonds is 6. The van der Waals surface area contributed by atoms with Crippen LogP contribution in [0.5, 0.6) is 11.5 Å². The lowest BCUT2D eigenvalue weighted by molar-refractivity contribution is 0.418. The van der Waals surface area contributed by atoms with E-state index in [-0.39, 0.29) is 16.8 Å². The quantitative estimate of drug-likeness (QED) is 0.137. The minimum absolute atomic E-state index is 0.0471. The number of methoxy groups -OCH3 is 2. The highest BCUT2D eigenvalue weighted by molar-refractivity contribution is 7.34. The average Bonchev–Trinajstić information content (AvgIpc) is 3.81. The summed E-state index contributed by atoms with van der Waals surface area (Å²) in [6, 6.07) is 12.1. The Labute approximate surface area is 262 Å². The van der Waals surface area contributed by atoms with Gasteiger partial charge >= 0.3 is 0 Å². The lowest BCUT2D eigenvalue weighted by Crippen LogP contribution is -2.13. The summed E-state index contributed by atoms with van der Waals surface area (Å²) < 4.78 is 13.9. The fourth-order valence-corrected chi connectivity index (χ4v) is 11.8. The first-order chi connectivity index (χ1) is 20.3. The summed E-state index contributed by atoms with van der Waals surface area (Å²) in [5.41, 5.74) is 2.53. The van der Waals surface area contributed by atoms with E-state index in [4.69, 9.17) is 22.6 Å². The second-order valence-electron chi connectivity index (χ2n) is 9.69. The van der Waals surface area contributed by atoms with E-state index in [1.807, 2.05) is 24.3 Å². The summed E-state index contributed by atoms with van der Waals surface area (Å²) in [6.07, 6.45) is 3.21. The number of thiophene rings is 5. The topological polar surface area (TPSA) is 74.8 Å². The van der Waals surface area contributed by atoms with Gasteiger partial charge in [0.1, 0.15) is 11.5 Å². The minimum atomic E-state index is -0.199. The van der Waals surface area contributed by atoms with Crippen molar-refractivity contribution in [3.05, 3.63) is 79.4 Å². The standard InChI is InChI=1S/C31H18N4O2S5/c1-31(2)19-11-22(27-20(36-5)9-17(38-27)7-15(13-32)34-3)40-26(19)30-25(31)29-24(42-30)12-23(41-29)28-21(37-6)10-18(39-28)8-16(14-33)35-4/h7-12H,1-2,5-6H3/b15-7+,16-8-. The molecule has 5 aromatic heterocycles. The molecule has 1 aliphatic rings. The van der Waals surface area contributed by atoms with E-state index in [0.29, 0.717) is 0 Å². The number of hydrogen-bond acceptors (Lipinski definition) is 9. The molecular weight excluding hydrogens is 621 g/mol. The van der Waals surface area contributed by atoms with E-state index in [0.717, 1.165) is 40.8 Å². The maximum atomic E-state index is 9.19. The van der Waals surface area contributed by atoms with Crippen molar-refractivity contribution in [1.29, 1.82) is 10.5 Å². The highest BCUT2D eigenvalue weighted by atomic mass is 32.1. The van der Waals surface area contributed by atoms with Gasteiger partial charge in [-0.3, -0.25) is 0 Å². The fraction of sp³-hybridized carbons (Fsp3) is 0.161. The van der Waals surface area contributed by atoms with Crippen molar-refractivity contribution in [2.75, 3.05) is 14.2 Å². The molecule has 0 amide bonds. The van der Waals surface area contributed by atoms with Crippen LogP contribution in [0.25, 0.3) is 60.5 Å². The third kappa shape index (κ3) is 4.35. The van der Waals surface area contributed by atoms with Crippen molar-refractivity contribution in [2.45, 2.75) is 19.3 Å². The lowest BCUT2D eigenvalue weighted by atomic mass is 9.84. The highest BCUT2D eigenvalue weighted by Crippen LogP contribution is 2.62. The van der Waals surface area contributed by atoms with Crippen LogP contribution in [0.15, 0.2) is 35.7 Å². The van der Waals surface area contributed by atoms with E-state index >= 15 is 0 Å². The molecule has 5 aromatic rings. The molecule has 0 spiro atoms. The van der Waals surface area contributed by atoms with Crippen LogP contribution in [0.1, 0.15) is 34.7 Å². The molecule has 6 rings (SSSR count). The molecule has 11 heteroatoms. The van der Waals surface area contributed by atoms with Gasteiger partial charge in [0.25, 0.3) is 11.4 Å². The van der Waals surface area contributed by atoms with E-state index in [1.165, 1.54) is 53.0 Å². The zero-order chi connectivity index (χ0) is 29.8. The lowest BCUT2D eigenvalue weighted by Gasteiger charge is -2.19. The van der Waals surface area contributed by atoms with Gasteiger partial charge in [-0.1, -0.05) is 13.8 Å². The van der Waals surface area contributed by atoms with Gasteiger partial charge in [0.15, 0.2) is 0 Å². The molecule has 0 fully saturated rings. The molecule has 0 aliphatic heterocycles. The van der Waals surface area contributed by atoms with Crippen LogP contribution in [0.4, 0.5) is 0 Å². The zero-order valence-corrected chi connectivity index (χ0v) is 26.7. The van der Waals surface area contributed by atoms with Gasteiger partial charge in [0.05, 0.1) is 63.7 Å². The SMILES string of the molecule is [C-]#[N+]/C(C#N)=C\c1cc(OC)c(-c2cc3sc4c(c3s2)C(C)(C)c2cc(-c3sc(/C=C(\C#N)[N+]#[C-])cc3OC)sc2-4)s1. The summed E-state index contributed by atoms with van der Waals surface area (Å²) in [5, 5.41) is 18.4. The molecule has 0 saturated heterocycles. The van der Waals surface area contributed by atoms with E-state index in [1.54, 1.807) is 60.4 Å². The maximum absolute atomic E-state index is 9.19. The summed E-state index contributed by atoms with van der Waals surface area (Å²) >= 11 is 8.36. The molecule has 1 aliphatic carbocycles. The van der Waals surface area contributed by atoms with Crippen molar-refractivity contribution in [3.63, 3.8) is 0 Å². The smallest absolute Gasteiger partial charge is 0.263 e. The molecule has 0 radical (unpaired) electrons. The first-order valence-electron chi connectivity index (χ1n) is 12.3. The van der Waals surface area contributed by atoms with Crippen LogP contribution in [0.2, 0.25) is 0 Å². The fourth-order valence-electron chi connectivity index (χ4n) is 5.02. The molecule has 0 saturated carbocycles. The number of ether oxygens (including phenoxy) is 2. The highest BCUT2D eigenvalue weighted by Gasteiger charge is 2.42. The summed E-state index contributed by atoms with van der Waals surface area (Å²) in [5.74, 6) is 1.47. The Morgan fingerprint density at radius 3 is 1.81 bits per heavy atom. The third-order valence-electron chi connectivity index (χ3n) is 6.95. The Kier molecular flexibility index (Phi) is 7.03. The predicted molar refractivity (Wildman–Crippen MR) is 175 cm³/mol. The normalized spacial score (nSPS) is 13.6.